The van der Waals surface area contributed by atoms with Gasteiger partial charge in [0.05, 0.1) is 16.4 Å². The van der Waals surface area contributed by atoms with Crippen LogP contribution in [0, 0.1) is 29.4 Å². The number of benzene rings is 2. The van der Waals surface area contributed by atoms with Crippen molar-refractivity contribution in [1.82, 2.24) is 4.72 Å². The van der Waals surface area contributed by atoms with Crippen molar-refractivity contribution in [2.24, 2.45) is 0 Å². The molecule has 2 rings (SSSR count). The lowest BCUT2D eigenvalue weighted by atomic mass is 10.1. The lowest BCUT2D eigenvalue weighted by molar-refractivity contribution is -0.385. The molecule has 0 saturated carbocycles. The van der Waals surface area contributed by atoms with E-state index in [1.54, 1.807) is 13.0 Å². The van der Waals surface area contributed by atoms with Crippen LogP contribution < -0.4 is 10.0 Å². The Morgan fingerprint density at radius 2 is 1.88 bits per heavy atom. The van der Waals surface area contributed by atoms with Gasteiger partial charge in [0.15, 0.2) is 0 Å². The third-order valence-corrected chi connectivity index (χ3v) is 4.87. The highest BCUT2D eigenvalue weighted by molar-refractivity contribution is 7.89. The van der Waals surface area contributed by atoms with Gasteiger partial charge in [-0.2, -0.15) is 4.72 Å². The fraction of sp³-hybridized carbons (Fsp3) is 0.118. The van der Waals surface area contributed by atoms with Crippen LogP contribution in [0.25, 0.3) is 0 Å². The summed E-state index contributed by atoms with van der Waals surface area (Å²) in [6, 6.07) is 9.54. The summed E-state index contributed by atoms with van der Waals surface area (Å²) in [5.41, 5.74) is 0.828. The van der Waals surface area contributed by atoms with E-state index in [1.807, 2.05) is 0 Å². The molecule has 8 nitrogen and oxygen atoms in total. The van der Waals surface area contributed by atoms with Crippen molar-refractivity contribution in [1.29, 1.82) is 0 Å². The normalized spacial score (nSPS) is 10.8. The van der Waals surface area contributed by atoms with E-state index in [9.17, 15) is 23.3 Å². The van der Waals surface area contributed by atoms with Crippen LogP contribution in [0.15, 0.2) is 47.4 Å². The summed E-state index contributed by atoms with van der Waals surface area (Å²) in [5, 5.41) is 13.5. The number of nitrogens with zero attached hydrogens (tertiary/aromatic N) is 1. The van der Waals surface area contributed by atoms with Crippen LogP contribution in [0.5, 0.6) is 0 Å². The van der Waals surface area contributed by atoms with Crippen LogP contribution in [0.3, 0.4) is 0 Å². The highest BCUT2D eigenvalue weighted by Crippen LogP contribution is 2.22. The third kappa shape index (κ3) is 4.44. The van der Waals surface area contributed by atoms with E-state index in [4.69, 9.17) is 6.42 Å². The topological polar surface area (TPSA) is 118 Å². The first-order valence-corrected chi connectivity index (χ1v) is 8.82. The highest BCUT2D eigenvalue weighted by atomic mass is 32.2. The molecule has 0 aliphatic heterocycles. The number of hydrogen-bond acceptors (Lipinski definition) is 5. The largest absolute Gasteiger partial charge is 0.322 e. The van der Waals surface area contributed by atoms with Crippen LogP contribution in [-0.4, -0.2) is 25.8 Å². The van der Waals surface area contributed by atoms with E-state index < -0.39 is 20.9 Å². The van der Waals surface area contributed by atoms with Crippen molar-refractivity contribution >= 4 is 27.3 Å². The number of nitrogens with one attached hydrogen (secondary N) is 2. The molecule has 0 aromatic heterocycles. The first kappa shape index (κ1) is 19.1. The van der Waals surface area contributed by atoms with Crippen LogP contribution >= 0.6 is 0 Å². The molecule has 0 atom stereocenters. The smallest absolute Gasteiger partial charge is 0.274 e. The number of anilines is 1. The molecular weight excluding hydrogens is 358 g/mol. The van der Waals surface area contributed by atoms with Gasteiger partial charge in [0.1, 0.15) is 0 Å². The van der Waals surface area contributed by atoms with Crippen molar-refractivity contribution in [3.8, 4) is 12.3 Å². The van der Waals surface area contributed by atoms with Gasteiger partial charge in [0.25, 0.3) is 11.6 Å². The zero-order chi connectivity index (χ0) is 19.3. The average Bonchev–Trinajstić information content (AvgIpc) is 2.61. The number of sulfonamides is 1. The minimum Gasteiger partial charge on any atom is -0.322 e. The van der Waals surface area contributed by atoms with Gasteiger partial charge in [0.2, 0.25) is 10.0 Å². The molecule has 0 heterocycles. The maximum atomic E-state index is 12.2. The van der Waals surface area contributed by atoms with Crippen LogP contribution in [-0.2, 0) is 10.0 Å². The van der Waals surface area contributed by atoms with Gasteiger partial charge in [-0.05, 0) is 37.3 Å². The Morgan fingerprint density at radius 1 is 1.23 bits per heavy atom. The van der Waals surface area contributed by atoms with Crippen molar-refractivity contribution in [2.75, 3.05) is 11.9 Å². The number of rotatable bonds is 6. The summed E-state index contributed by atoms with van der Waals surface area (Å²) in [6.45, 7) is 1.45. The molecule has 2 N–H and O–H groups in total. The van der Waals surface area contributed by atoms with E-state index in [0.717, 1.165) is 0 Å². The van der Waals surface area contributed by atoms with Gasteiger partial charge in [-0.25, -0.2) is 8.42 Å². The molecular formula is C17H15N3O5S. The average molecular weight is 373 g/mol. The molecule has 0 unspecified atom stereocenters. The number of aryl methyl sites for hydroxylation is 1. The second-order valence-electron chi connectivity index (χ2n) is 5.27. The zero-order valence-corrected chi connectivity index (χ0v) is 14.5. The second kappa shape index (κ2) is 7.77. The molecule has 134 valence electrons. The number of nitro groups is 1. The minimum atomic E-state index is -3.74. The molecule has 0 aliphatic rings. The first-order valence-electron chi connectivity index (χ1n) is 7.34. The molecule has 0 saturated heterocycles. The quantitative estimate of drug-likeness (QED) is 0.456. The summed E-state index contributed by atoms with van der Waals surface area (Å²) >= 11 is 0. The van der Waals surface area contributed by atoms with Crippen LogP contribution in [0.1, 0.15) is 15.9 Å². The minimum absolute atomic E-state index is 0.0322. The standard InChI is InChI=1S/C17H15N3O5S/c1-3-10-18-26(24,25)15-8-5-13(6-9-15)17(21)19-14-7-4-12(2)16(11-14)20(22)23/h1,4-9,11,18H,10H2,2H3,(H,19,21). The Labute approximate surface area is 150 Å². The third-order valence-electron chi connectivity index (χ3n) is 3.45. The van der Waals surface area contributed by atoms with Crippen molar-refractivity contribution in [2.45, 2.75) is 11.8 Å². The molecule has 2 aromatic rings. The predicted molar refractivity (Wildman–Crippen MR) is 96.3 cm³/mol. The van der Waals surface area contributed by atoms with E-state index in [1.165, 1.54) is 36.4 Å². The van der Waals surface area contributed by atoms with Gasteiger partial charge in [0, 0.05) is 22.9 Å². The van der Waals surface area contributed by atoms with Crippen molar-refractivity contribution in [3.63, 3.8) is 0 Å². The van der Waals surface area contributed by atoms with Gasteiger partial charge in [-0.3, -0.25) is 14.9 Å². The number of carbonyl (C=O) groups is 1. The zero-order valence-electron chi connectivity index (χ0n) is 13.7. The lowest BCUT2D eigenvalue weighted by Gasteiger charge is -2.08. The summed E-state index contributed by atoms with van der Waals surface area (Å²) < 4.78 is 26.1. The highest BCUT2D eigenvalue weighted by Gasteiger charge is 2.15. The second-order valence-corrected chi connectivity index (χ2v) is 7.03. The molecule has 26 heavy (non-hydrogen) atoms. The summed E-state index contributed by atoms with van der Waals surface area (Å²) in [5.74, 6) is 1.64. The van der Waals surface area contributed by atoms with E-state index in [-0.39, 0.29) is 28.4 Å². The number of amides is 1. The molecule has 0 fully saturated rings. The number of carbonyl (C=O) groups excluding carboxylic acids is 1. The lowest BCUT2D eigenvalue weighted by Crippen LogP contribution is -2.24. The van der Waals surface area contributed by atoms with Gasteiger partial charge < -0.3 is 5.32 Å². The maximum Gasteiger partial charge on any atom is 0.274 e. The summed E-state index contributed by atoms with van der Waals surface area (Å²) in [4.78, 5) is 22.6. The van der Waals surface area contributed by atoms with Crippen LogP contribution in [0.2, 0.25) is 0 Å². The molecule has 2 aromatic carbocycles. The van der Waals surface area contributed by atoms with Gasteiger partial charge in [-0.1, -0.05) is 12.0 Å². The van der Waals surface area contributed by atoms with E-state index in [2.05, 4.69) is 16.0 Å². The molecule has 0 radical (unpaired) electrons. The Hall–Kier alpha value is -3.22. The predicted octanol–water partition coefficient (Wildman–Crippen LogP) is 2.07. The number of hydrogen-bond donors (Lipinski definition) is 2. The molecule has 0 spiro atoms. The van der Waals surface area contributed by atoms with Crippen molar-refractivity contribution < 1.29 is 18.1 Å². The Bertz CT molecular complexity index is 992. The summed E-state index contributed by atoms with van der Waals surface area (Å²) in [6.07, 6.45) is 5.02. The molecule has 0 aliphatic carbocycles. The monoisotopic (exact) mass is 373 g/mol. The van der Waals surface area contributed by atoms with Gasteiger partial charge in [-0.15, -0.1) is 6.42 Å². The Kier molecular flexibility index (Phi) is 5.71. The Balaban J connectivity index is 2.17. The molecule has 9 heteroatoms. The first-order chi connectivity index (χ1) is 12.2. The van der Waals surface area contributed by atoms with E-state index >= 15 is 0 Å². The fourth-order valence-corrected chi connectivity index (χ4v) is 3.03. The summed E-state index contributed by atoms with van der Waals surface area (Å²) in [7, 11) is -3.74. The number of nitro benzene ring substituents is 1. The van der Waals surface area contributed by atoms with Gasteiger partial charge >= 0.3 is 0 Å². The number of terminal acetylenes is 1. The van der Waals surface area contributed by atoms with E-state index in [0.29, 0.717) is 5.56 Å². The Morgan fingerprint density at radius 3 is 2.46 bits per heavy atom. The molecule has 0 bridgehead atoms. The fourth-order valence-electron chi connectivity index (χ4n) is 2.09. The SMILES string of the molecule is C#CCNS(=O)(=O)c1ccc(C(=O)Nc2ccc(C)c([N+](=O)[O-])c2)cc1. The maximum absolute atomic E-state index is 12.2. The van der Waals surface area contributed by atoms with Crippen molar-refractivity contribution in [3.05, 3.63) is 63.7 Å². The van der Waals surface area contributed by atoms with Crippen LogP contribution in [0.4, 0.5) is 11.4 Å². The molecule has 1 amide bonds.